The first-order chi connectivity index (χ1) is 9.15. The molecule has 106 valence electrons. The van der Waals surface area contributed by atoms with Crippen LogP contribution >= 0.6 is 11.3 Å². The Morgan fingerprint density at radius 3 is 3.11 bits per heavy atom. The lowest BCUT2D eigenvalue weighted by molar-refractivity contribution is -0.122. The van der Waals surface area contributed by atoms with Crippen molar-refractivity contribution in [3.05, 3.63) is 16.1 Å². The Hall–Kier alpha value is -0.940. The van der Waals surface area contributed by atoms with Gasteiger partial charge in [-0.2, -0.15) is 0 Å². The number of hydrogen-bond acceptors (Lipinski definition) is 4. The molecule has 0 spiro atoms. The topological polar surface area (TPSA) is 51.2 Å². The van der Waals surface area contributed by atoms with Crippen LogP contribution in [-0.2, 0) is 16.0 Å². The van der Waals surface area contributed by atoms with E-state index in [1.165, 1.54) is 5.01 Å². The average Bonchev–Trinajstić information content (AvgIpc) is 3.00. The Balaban J connectivity index is 1.66. The van der Waals surface area contributed by atoms with Gasteiger partial charge in [0.15, 0.2) is 0 Å². The Bertz CT molecular complexity index is 411. The maximum atomic E-state index is 11.7. The van der Waals surface area contributed by atoms with Crippen molar-refractivity contribution in [1.82, 2.24) is 10.3 Å². The second-order valence-electron chi connectivity index (χ2n) is 5.37. The van der Waals surface area contributed by atoms with Crippen LogP contribution in [0.15, 0.2) is 5.38 Å². The fourth-order valence-corrected chi connectivity index (χ4v) is 2.98. The number of nitrogens with zero attached hydrogens (tertiary/aromatic N) is 1. The van der Waals surface area contributed by atoms with Crippen LogP contribution in [0.4, 0.5) is 0 Å². The molecule has 0 saturated carbocycles. The zero-order valence-electron chi connectivity index (χ0n) is 11.6. The highest BCUT2D eigenvalue weighted by molar-refractivity contribution is 7.09. The van der Waals surface area contributed by atoms with Gasteiger partial charge in [-0.25, -0.2) is 4.98 Å². The lowest BCUT2D eigenvalue weighted by Crippen LogP contribution is -2.27. The Morgan fingerprint density at radius 1 is 1.63 bits per heavy atom. The molecule has 0 radical (unpaired) electrons. The highest BCUT2D eigenvalue weighted by Crippen LogP contribution is 2.19. The smallest absolute Gasteiger partial charge is 0.220 e. The van der Waals surface area contributed by atoms with Gasteiger partial charge in [-0.1, -0.05) is 13.8 Å². The molecule has 2 rings (SSSR count). The Morgan fingerprint density at radius 2 is 2.47 bits per heavy atom. The van der Waals surface area contributed by atoms with Gasteiger partial charge in [0.25, 0.3) is 0 Å². The second-order valence-corrected chi connectivity index (χ2v) is 6.26. The molecule has 1 fully saturated rings. The number of hydrogen-bond donors (Lipinski definition) is 1. The number of thiazole rings is 1. The molecule has 1 aliphatic rings. The minimum absolute atomic E-state index is 0.134. The summed E-state index contributed by atoms with van der Waals surface area (Å²) in [6.45, 7) is 6.50. The van der Waals surface area contributed by atoms with Crippen LogP contribution in [0.1, 0.15) is 43.3 Å². The van der Waals surface area contributed by atoms with E-state index in [4.69, 9.17) is 4.74 Å². The maximum Gasteiger partial charge on any atom is 0.220 e. The first-order valence-electron chi connectivity index (χ1n) is 6.94. The molecule has 0 unspecified atom stereocenters. The van der Waals surface area contributed by atoms with E-state index in [2.05, 4.69) is 29.5 Å². The summed E-state index contributed by atoms with van der Waals surface area (Å²) in [7, 11) is 0. The summed E-state index contributed by atoms with van der Waals surface area (Å²) >= 11 is 1.70. The number of rotatable bonds is 6. The lowest BCUT2D eigenvalue weighted by Gasteiger charge is -2.07. The quantitative estimate of drug-likeness (QED) is 0.871. The van der Waals surface area contributed by atoms with E-state index in [9.17, 15) is 4.79 Å². The van der Waals surface area contributed by atoms with Crippen molar-refractivity contribution in [2.75, 3.05) is 19.8 Å². The standard InChI is InChI=1S/C14H22N2O2S/c1-10(2)14-16-12(9-19-14)3-5-15-13(17)7-11-4-6-18-8-11/h9-11H,3-8H2,1-2H3,(H,15,17)/t11-/m0/s1. The molecule has 1 atom stereocenters. The SMILES string of the molecule is CC(C)c1nc(CCNC(=O)C[C@@H]2CCOC2)cs1. The third-order valence-corrected chi connectivity index (χ3v) is 4.46. The summed E-state index contributed by atoms with van der Waals surface area (Å²) in [6.07, 6.45) is 2.42. The van der Waals surface area contributed by atoms with Crippen LogP contribution in [-0.4, -0.2) is 30.6 Å². The van der Waals surface area contributed by atoms with Crippen molar-refractivity contribution in [3.8, 4) is 0 Å². The fourth-order valence-electron chi connectivity index (χ4n) is 2.11. The molecule has 1 aromatic rings. The van der Waals surface area contributed by atoms with E-state index in [1.807, 2.05) is 0 Å². The van der Waals surface area contributed by atoms with Crippen molar-refractivity contribution in [3.63, 3.8) is 0 Å². The van der Waals surface area contributed by atoms with Crippen molar-refractivity contribution in [2.24, 2.45) is 5.92 Å². The molecule has 1 N–H and O–H groups in total. The highest BCUT2D eigenvalue weighted by atomic mass is 32.1. The number of ether oxygens (including phenoxy) is 1. The first kappa shape index (κ1) is 14.5. The van der Waals surface area contributed by atoms with Crippen molar-refractivity contribution in [2.45, 2.75) is 39.0 Å². The molecule has 5 heteroatoms. The van der Waals surface area contributed by atoms with Gasteiger partial charge in [-0.15, -0.1) is 11.3 Å². The van der Waals surface area contributed by atoms with Gasteiger partial charge in [0.1, 0.15) is 0 Å². The summed E-state index contributed by atoms with van der Waals surface area (Å²) in [5, 5.41) is 6.23. The predicted molar refractivity (Wildman–Crippen MR) is 76.5 cm³/mol. The van der Waals surface area contributed by atoms with Crippen LogP contribution in [0.3, 0.4) is 0 Å². The Labute approximate surface area is 118 Å². The van der Waals surface area contributed by atoms with Gasteiger partial charge in [-0.3, -0.25) is 4.79 Å². The molecular formula is C14H22N2O2S. The van der Waals surface area contributed by atoms with E-state index in [-0.39, 0.29) is 5.91 Å². The van der Waals surface area contributed by atoms with Crippen LogP contribution in [0.5, 0.6) is 0 Å². The molecular weight excluding hydrogens is 260 g/mol. The van der Waals surface area contributed by atoms with E-state index in [0.29, 0.717) is 24.8 Å². The minimum Gasteiger partial charge on any atom is -0.381 e. The summed E-state index contributed by atoms with van der Waals surface area (Å²) in [6, 6.07) is 0. The monoisotopic (exact) mass is 282 g/mol. The molecule has 19 heavy (non-hydrogen) atoms. The normalized spacial score (nSPS) is 19.0. The highest BCUT2D eigenvalue weighted by Gasteiger charge is 2.18. The molecule has 4 nitrogen and oxygen atoms in total. The third kappa shape index (κ3) is 4.58. The first-order valence-corrected chi connectivity index (χ1v) is 7.82. The fraction of sp³-hybridized carbons (Fsp3) is 0.714. The number of carbonyl (C=O) groups is 1. The van der Waals surface area contributed by atoms with Crippen molar-refractivity contribution >= 4 is 17.2 Å². The average molecular weight is 282 g/mol. The van der Waals surface area contributed by atoms with Crippen LogP contribution < -0.4 is 5.32 Å². The van der Waals surface area contributed by atoms with Crippen molar-refractivity contribution in [1.29, 1.82) is 0 Å². The van der Waals surface area contributed by atoms with E-state index < -0.39 is 0 Å². The molecule has 0 aliphatic carbocycles. The van der Waals surface area contributed by atoms with Gasteiger partial charge in [0.2, 0.25) is 5.91 Å². The van der Waals surface area contributed by atoms with Gasteiger partial charge < -0.3 is 10.1 Å². The summed E-state index contributed by atoms with van der Waals surface area (Å²) in [5.41, 5.74) is 1.08. The molecule has 1 amide bonds. The van der Waals surface area contributed by atoms with Gasteiger partial charge >= 0.3 is 0 Å². The zero-order valence-corrected chi connectivity index (χ0v) is 12.5. The molecule has 1 aliphatic heterocycles. The van der Waals surface area contributed by atoms with Crippen LogP contribution in [0, 0.1) is 5.92 Å². The summed E-state index contributed by atoms with van der Waals surface area (Å²) in [4.78, 5) is 16.3. The lowest BCUT2D eigenvalue weighted by atomic mass is 10.1. The largest absolute Gasteiger partial charge is 0.381 e. The maximum absolute atomic E-state index is 11.7. The molecule has 0 bridgehead atoms. The third-order valence-electron chi connectivity index (χ3n) is 3.26. The molecule has 1 saturated heterocycles. The number of aromatic nitrogens is 1. The minimum atomic E-state index is 0.134. The molecule has 2 heterocycles. The number of carbonyl (C=O) groups excluding carboxylic acids is 1. The number of amides is 1. The molecule has 0 aromatic carbocycles. The van der Waals surface area contributed by atoms with Gasteiger partial charge in [0.05, 0.1) is 10.7 Å². The van der Waals surface area contributed by atoms with Gasteiger partial charge in [0, 0.05) is 43.9 Å². The summed E-state index contributed by atoms with van der Waals surface area (Å²) in [5.74, 6) is 1.03. The van der Waals surface area contributed by atoms with E-state index in [1.54, 1.807) is 11.3 Å². The zero-order chi connectivity index (χ0) is 13.7. The van der Waals surface area contributed by atoms with Crippen molar-refractivity contribution < 1.29 is 9.53 Å². The van der Waals surface area contributed by atoms with E-state index >= 15 is 0 Å². The second kappa shape index (κ2) is 7.01. The summed E-state index contributed by atoms with van der Waals surface area (Å²) < 4.78 is 5.27. The predicted octanol–water partition coefficient (Wildman–Crippen LogP) is 2.35. The van der Waals surface area contributed by atoms with Gasteiger partial charge in [-0.05, 0) is 12.3 Å². The van der Waals surface area contributed by atoms with Crippen LogP contribution in [0.2, 0.25) is 0 Å². The molecule has 1 aromatic heterocycles. The number of nitrogens with one attached hydrogen (secondary N) is 1. The van der Waals surface area contributed by atoms with E-state index in [0.717, 1.165) is 31.7 Å². The van der Waals surface area contributed by atoms with Crippen LogP contribution in [0.25, 0.3) is 0 Å². The Kier molecular flexibility index (Phi) is 5.34.